The molecule has 0 aromatic heterocycles. The number of aliphatic hydroxyl groups is 2. The smallest absolute Gasteiger partial charge is 0.268 e. The molecule has 29 heavy (non-hydrogen) atoms. The van der Waals surface area contributed by atoms with Crippen molar-refractivity contribution in [3.05, 3.63) is 0 Å². The van der Waals surface area contributed by atoms with Crippen molar-refractivity contribution in [3.63, 3.8) is 0 Å². The highest BCUT2D eigenvalue weighted by atomic mass is 32.2. The van der Waals surface area contributed by atoms with E-state index in [-0.39, 0.29) is 0 Å². The first-order valence-corrected chi connectivity index (χ1v) is 11.7. The summed E-state index contributed by atoms with van der Waals surface area (Å²) < 4.78 is 57.8. The van der Waals surface area contributed by atoms with Gasteiger partial charge in [0, 0.05) is 10.8 Å². The van der Waals surface area contributed by atoms with E-state index in [1.165, 1.54) is 27.7 Å². The van der Waals surface area contributed by atoms with E-state index in [2.05, 4.69) is 0 Å². The van der Waals surface area contributed by atoms with Gasteiger partial charge in [0.15, 0.2) is 12.2 Å². The largest absolute Gasteiger partial charge is 0.396 e. The van der Waals surface area contributed by atoms with E-state index >= 15 is 0 Å². The van der Waals surface area contributed by atoms with Crippen molar-refractivity contribution >= 4 is 32.1 Å². The maximum absolute atomic E-state index is 12.1. The number of rotatable bonds is 14. The first-order chi connectivity index (χ1) is 12.9. The van der Waals surface area contributed by atoms with Gasteiger partial charge in [-0.3, -0.25) is 18.0 Å². The summed E-state index contributed by atoms with van der Waals surface area (Å²) in [5, 5.41) is 18.5. The molecule has 2 atom stereocenters. The highest BCUT2D eigenvalue weighted by Gasteiger charge is 2.39. The van der Waals surface area contributed by atoms with Crippen LogP contribution in [-0.2, 0) is 38.2 Å². The summed E-state index contributed by atoms with van der Waals surface area (Å²) in [6, 6.07) is 0. The molecule has 0 bridgehead atoms. The van der Waals surface area contributed by atoms with Crippen LogP contribution in [0.3, 0.4) is 0 Å². The highest BCUT2D eigenvalue weighted by Crippen LogP contribution is 2.26. The van der Waals surface area contributed by atoms with Crippen LogP contribution < -0.4 is 11.5 Å². The Bertz CT molecular complexity index is 724. The first kappa shape index (κ1) is 27.7. The lowest BCUT2D eigenvalue weighted by Gasteiger charge is -2.29. The number of amides is 2. The zero-order valence-electron chi connectivity index (χ0n) is 16.8. The zero-order valence-corrected chi connectivity index (χ0v) is 18.5. The lowest BCUT2D eigenvalue weighted by atomic mass is 9.87. The molecule has 2 unspecified atom stereocenters. The number of carbonyl (C=O) groups excluding carboxylic acids is 2. The fourth-order valence-electron chi connectivity index (χ4n) is 2.09. The highest BCUT2D eigenvalue weighted by molar-refractivity contribution is 7.87. The maximum Gasteiger partial charge on any atom is 0.268 e. The van der Waals surface area contributed by atoms with Gasteiger partial charge < -0.3 is 21.7 Å². The molecule has 14 heteroatoms. The van der Waals surface area contributed by atoms with E-state index in [9.17, 15) is 36.6 Å². The molecule has 0 spiro atoms. The van der Waals surface area contributed by atoms with E-state index in [4.69, 9.17) is 19.8 Å². The molecule has 0 rings (SSSR count). The van der Waals surface area contributed by atoms with Crippen LogP contribution in [0.5, 0.6) is 0 Å². The average Bonchev–Trinajstić information content (AvgIpc) is 2.56. The topological polar surface area (TPSA) is 213 Å². The lowest BCUT2D eigenvalue weighted by molar-refractivity contribution is -0.131. The molecule has 0 aromatic carbocycles. The second kappa shape index (κ2) is 10.1. The summed E-state index contributed by atoms with van der Waals surface area (Å²) in [6.07, 6.45) is -3.80. The Morgan fingerprint density at radius 3 is 1.28 bits per heavy atom. The number of primary amides is 2. The van der Waals surface area contributed by atoms with Crippen LogP contribution in [0, 0.1) is 10.8 Å². The Hall–Kier alpha value is -1.32. The molecule has 0 heterocycles. The standard InChI is InChI=1S/C15H30N2O10S2/c1-14(2,8-18)10(12(16)20)26-28(22,23)6-5-7-29(24,25)27-11(13(17)21)15(3,4)9-19/h10-11,18-19H,5-9H2,1-4H3,(H2,16,20)(H2,17,21). The molecule has 172 valence electrons. The van der Waals surface area contributed by atoms with Crippen LogP contribution in [0.15, 0.2) is 0 Å². The number of aliphatic hydroxyl groups excluding tert-OH is 2. The van der Waals surface area contributed by atoms with Gasteiger partial charge in [0.05, 0.1) is 24.7 Å². The summed E-state index contributed by atoms with van der Waals surface area (Å²) in [5.74, 6) is -3.82. The maximum atomic E-state index is 12.1. The molecule has 12 nitrogen and oxygen atoms in total. The minimum absolute atomic E-state index is 0.485. The molecular formula is C15H30N2O10S2. The fraction of sp³-hybridized carbons (Fsp3) is 0.867. The zero-order chi connectivity index (χ0) is 23.3. The van der Waals surface area contributed by atoms with Gasteiger partial charge in [-0.05, 0) is 6.42 Å². The summed E-state index contributed by atoms with van der Waals surface area (Å²) in [6.45, 7) is 4.28. The summed E-state index contributed by atoms with van der Waals surface area (Å²) in [5.41, 5.74) is 7.66. The molecule has 2 amide bonds. The molecule has 0 saturated heterocycles. The Morgan fingerprint density at radius 1 is 0.793 bits per heavy atom. The van der Waals surface area contributed by atoms with Gasteiger partial charge in [-0.2, -0.15) is 16.8 Å². The van der Waals surface area contributed by atoms with Gasteiger partial charge in [-0.15, -0.1) is 0 Å². The SMILES string of the molecule is CC(C)(CO)C(OS(=O)(=O)CCCS(=O)(=O)OC(C(N)=O)C(C)(C)CO)C(N)=O. The van der Waals surface area contributed by atoms with Gasteiger partial charge in [-0.1, -0.05) is 27.7 Å². The first-order valence-electron chi connectivity index (χ1n) is 8.53. The lowest BCUT2D eigenvalue weighted by Crippen LogP contribution is -2.47. The molecule has 0 aliphatic rings. The Balaban J connectivity index is 5.11. The second-order valence-electron chi connectivity index (χ2n) is 7.93. The van der Waals surface area contributed by atoms with Crippen LogP contribution in [0.4, 0.5) is 0 Å². The number of nitrogens with two attached hydrogens (primary N) is 2. The fourth-order valence-corrected chi connectivity index (χ4v) is 4.76. The Kier molecular flexibility index (Phi) is 9.67. The van der Waals surface area contributed by atoms with Crippen molar-refractivity contribution in [1.82, 2.24) is 0 Å². The summed E-state index contributed by atoms with van der Waals surface area (Å²) in [4.78, 5) is 22.9. The van der Waals surface area contributed by atoms with Gasteiger partial charge in [0.25, 0.3) is 20.2 Å². The normalized spacial score (nSPS) is 15.7. The number of carbonyl (C=O) groups is 2. The second-order valence-corrected chi connectivity index (χ2v) is 11.4. The van der Waals surface area contributed by atoms with Crippen molar-refractivity contribution in [3.8, 4) is 0 Å². The third-order valence-electron chi connectivity index (χ3n) is 4.03. The Labute approximate surface area is 170 Å². The number of hydrogen-bond acceptors (Lipinski definition) is 10. The van der Waals surface area contributed by atoms with Gasteiger partial charge in [0.1, 0.15) is 0 Å². The third-order valence-corrected chi connectivity index (χ3v) is 6.57. The minimum Gasteiger partial charge on any atom is -0.396 e. The monoisotopic (exact) mass is 462 g/mol. The summed E-state index contributed by atoms with van der Waals surface area (Å²) in [7, 11) is -8.77. The number of hydrogen-bond donors (Lipinski definition) is 4. The minimum atomic E-state index is -4.38. The molecule has 0 saturated carbocycles. The summed E-state index contributed by atoms with van der Waals surface area (Å²) >= 11 is 0. The van der Waals surface area contributed by atoms with E-state index in [0.717, 1.165) is 0 Å². The van der Waals surface area contributed by atoms with Gasteiger partial charge in [-0.25, -0.2) is 0 Å². The molecule has 0 radical (unpaired) electrons. The predicted molar refractivity (Wildman–Crippen MR) is 102 cm³/mol. The van der Waals surface area contributed by atoms with Crippen LogP contribution in [-0.4, -0.2) is 75.8 Å². The van der Waals surface area contributed by atoms with Crippen molar-refractivity contribution in [2.45, 2.75) is 46.3 Å². The van der Waals surface area contributed by atoms with E-state index in [1.807, 2.05) is 0 Å². The predicted octanol–water partition coefficient (Wildman–Crippen LogP) is -2.19. The molecule has 0 aliphatic carbocycles. The van der Waals surface area contributed by atoms with E-state index in [1.54, 1.807) is 0 Å². The van der Waals surface area contributed by atoms with Gasteiger partial charge >= 0.3 is 0 Å². The molecule has 0 aromatic rings. The van der Waals surface area contributed by atoms with Crippen molar-refractivity contribution < 1.29 is 45.0 Å². The Morgan fingerprint density at radius 2 is 1.07 bits per heavy atom. The van der Waals surface area contributed by atoms with Crippen molar-refractivity contribution in [2.75, 3.05) is 24.7 Å². The molecular weight excluding hydrogens is 432 g/mol. The van der Waals surface area contributed by atoms with Gasteiger partial charge in [0.2, 0.25) is 11.8 Å². The van der Waals surface area contributed by atoms with Crippen LogP contribution in [0.2, 0.25) is 0 Å². The quantitative estimate of drug-likeness (QED) is 0.205. The molecule has 6 N–H and O–H groups in total. The van der Waals surface area contributed by atoms with E-state index < -0.39 is 86.2 Å². The van der Waals surface area contributed by atoms with Crippen molar-refractivity contribution in [2.24, 2.45) is 22.3 Å². The third kappa shape index (κ3) is 8.92. The van der Waals surface area contributed by atoms with Crippen LogP contribution >= 0.6 is 0 Å². The van der Waals surface area contributed by atoms with Crippen LogP contribution in [0.25, 0.3) is 0 Å². The average molecular weight is 463 g/mol. The van der Waals surface area contributed by atoms with Crippen molar-refractivity contribution in [1.29, 1.82) is 0 Å². The van der Waals surface area contributed by atoms with E-state index in [0.29, 0.717) is 0 Å². The molecule has 0 aliphatic heterocycles. The molecule has 0 fully saturated rings. The van der Waals surface area contributed by atoms with Crippen LogP contribution in [0.1, 0.15) is 34.1 Å².